The number of pyridine rings is 1. The maximum Gasteiger partial charge on any atom is 0.154 e. The normalized spacial score (nSPS) is 11.0. The minimum absolute atomic E-state index is 0.863. The number of rotatable bonds is 2. The fraction of sp³-hybridized carbons (Fsp3) is 0.143. The highest BCUT2D eigenvalue weighted by molar-refractivity contribution is 9.10. The number of fused-ring (bicyclic) bond motifs is 1. The zero-order valence-electron chi connectivity index (χ0n) is 9.97. The molecule has 0 N–H and O–H groups in total. The maximum atomic E-state index is 4.60. The molecule has 0 spiro atoms. The quantitative estimate of drug-likeness (QED) is 0.722. The molecule has 0 aliphatic carbocycles. The van der Waals surface area contributed by atoms with Gasteiger partial charge in [-0.3, -0.25) is 0 Å². The van der Waals surface area contributed by atoms with E-state index in [1.807, 2.05) is 41.2 Å². The number of hydrogen-bond acceptors (Lipinski definition) is 2. The second-order valence-corrected chi connectivity index (χ2v) is 5.02. The highest BCUT2D eigenvalue weighted by atomic mass is 79.9. The van der Waals surface area contributed by atoms with Gasteiger partial charge in [0.1, 0.15) is 0 Å². The van der Waals surface area contributed by atoms with Crippen LogP contribution in [0.25, 0.3) is 16.7 Å². The molecule has 1 aromatic carbocycles. The van der Waals surface area contributed by atoms with Gasteiger partial charge in [0.15, 0.2) is 5.82 Å². The molecule has 0 saturated carbocycles. The minimum Gasteiger partial charge on any atom is -0.234 e. The van der Waals surface area contributed by atoms with Crippen LogP contribution in [0, 0.1) is 0 Å². The van der Waals surface area contributed by atoms with E-state index in [1.54, 1.807) is 0 Å². The van der Waals surface area contributed by atoms with Crippen molar-refractivity contribution >= 4 is 26.8 Å². The van der Waals surface area contributed by atoms with Gasteiger partial charge in [-0.05, 0) is 30.7 Å². The summed E-state index contributed by atoms with van der Waals surface area (Å²) >= 11 is 3.49. The first-order valence-electron chi connectivity index (χ1n) is 5.87. The summed E-state index contributed by atoms with van der Waals surface area (Å²) in [5.74, 6) is 0.863. The Hall–Kier alpha value is -1.68. The van der Waals surface area contributed by atoms with Crippen LogP contribution in [0.15, 0.2) is 47.1 Å². The van der Waals surface area contributed by atoms with Gasteiger partial charge in [0.05, 0.1) is 11.7 Å². The van der Waals surface area contributed by atoms with Crippen LogP contribution in [0.1, 0.15) is 12.6 Å². The van der Waals surface area contributed by atoms with Crippen molar-refractivity contribution in [1.29, 1.82) is 0 Å². The monoisotopic (exact) mass is 301 g/mol. The molecule has 0 atom stereocenters. The molecule has 0 saturated heterocycles. The number of aryl methyl sites for hydroxylation is 1. The number of halogens is 1. The SMILES string of the molecule is CCc1cccc(-n2ncc3ccc(Br)cc32)n1. The largest absolute Gasteiger partial charge is 0.234 e. The zero-order valence-corrected chi connectivity index (χ0v) is 11.6. The molecular formula is C14H12BrN3. The third-order valence-electron chi connectivity index (χ3n) is 2.90. The molecule has 0 radical (unpaired) electrons. The molecule has 0 unspecified atom stereocenters. The number of nitrogens with zero attached hydrogens (tertiary/aromatic N) is 3. The van der Waals surface area contributed by atoms with E-state index in [0.717, 1.165) is 33.3 Å². The Labute approximate surface area is 114 Å². The van der Waals surface area contributed by atoms with Gasteiger partial charge >= 0.3 is 0 Å². The van der Waals surface area contributed by atoms with Gasteiger partial charge in [-0.25, -0.2) is 9.67 Å². The van der Waals surface area contributed by atoms with Gasteiger partial charge in [0.2, 0.25) is 0 Å². The summed E-state index contributed by atoms with van der Waals surface area (Å²) in [6, 6.07) is 12.2. The predicted octanol–water partition coefficient (Wildman–Crippen LogP) is 3.75. The summed E-state index contributed by atoms with van der Waals surface area (Å²) in [5, 5.41) is 5.53. The summed E-state index contributed by atoms with van der Waals surface area (Å²) in [7, 11) is 0. The number of benzene rings is 1. The van der Waals surface area contributed by atoms with Gasteiger partial charge in [0, 0.05) is 15.6 Å². The average molecular weight is 302 g/mol. The Morgan fingerprint density at radius 2 is 2.11 bits per heavy atom. The summed E-state index contributed by atoms with van der Waals surface area (Å²) in [6.45, 7) is 2.10. The lowest BCUT2D eigenvalue weighted by Crippen LogP contribution is -2.01. The Balaban J connectivity index is 2.21. The third kappa shape index (κ3) is 1.93. The molecule has 0 bridgehead atoms. The van der Waals surface area contributed by atoms with Gasteiger partial charge in [0.25, 0.3) is 0 Å². The summed E-state index contributed by atoms with van der Waals surface area (Å²) in [4.78, 5) is 4.60. The van der Waals surface area contributed by atoms with Gasteiger partial charge in [-0.15, -0.1) is 0 Å². The van der Waals surface area contributed by atoms with E-state index in [0.29, 0.717) is 0 Å². The van der Waals surface area contributed by atoms with Crippen LogP contribution in [-0.4, -0.2) is 14.8 Å². The summed E-state index contributed by atoms with van der Waals surface area (Å²) in [6.07, 6.45) is 2.79. The van der Waals surface area contributed by atoms with E-state index in [-0.39, 0.29) is 0 Å². The first-order valence-corrected chi connectivity index (χ1v) is 6.67. The van der Waals surface area contributed by atoms with Crippen molar-refractivity contribution in [2.45, 2.75) is 13.3 Å². The van der Waals surface area contributed by atoms with E-state index < -0.39 is 0 Å². The second-order valence-electron chi connectivity index (χ2n) is 4.10. The molecule has 3 aromatic rings. The molecule has 90 valence electrons. The van der Waals surface area contributed by atoms with Crippen LogP contribution in [0.5, 0.6) is 0 Å². The van der Waals surface area contributed by atoms with Crippen molar-refractivity contribution < 1.29 is 0 Å². The fourth-order valence-corrected chi connectivity index (χ4v) is 2.30. The zero-order chi connectivity index (χ0) is 12.5. The molecule has 2 heterocycles. The number of hydrogen-bond donors (Lipinski definition) is 0. The number of aromatic nitrogens is 3. The van der Waals surface area contributed by atoms with Gasteiger partial charge in [-0.2, -0.15) is 5.10 Å². The Kier molecular flexibility index (Phi) is 2.88. The van der Waals surface area contributed by atoms with E-state index in [9.17, 15) is 0 Å². The van der Waals surface area contributed by atoms with E-state index in [2.05, 4.69) is 39.0 Å². The third-order valence-corrected chi connectivity index (χ3v) is 3.40. The minimum atomic E-state index is 0.863. The van der Waals surface area contributed by atoms with Crippen LogP contribution in [0.4, 0.5) is 0 Å². The van der Waals surface area contributed by atoms with Crippen LogP contribution in [0.2, 0.25) is 0 Å². The molecule has 3 nitrogen and oxygen atoms in total. The molecule has 0 fully saturated rings. The van der Waals surface area contributed by atoms with Crippen LogP contribution < -0.4 is 0 Å². The van der Waals surface area contributed by atoms with Crippen molar-refractivity contribution in [2.75, 3.05) is 0 Å². The van der Waals surface area contributed by atoms with Crippen molar-refractivity contribution in [2.24, 2.45) is 0 Å². The molecule has 3 rings (SSSR count). The van der Waals surface area contributed by atoms with E-state index in [1.165, 1.54) is 0 Å². The summed E-state index contributed by atoms with van der Waals surface area (Å²) < 4.78 is 2.92. The van der Waals surface area contributed by atoms with Crippen LogP contribution in [-0.2, 0) is 6.42 Å². The molecule has 18 heavy (non-hydrogen) atoms. The lowest BCUT2D eigenvalue weighted by atomic mass is 10.2. The Morgan fingerprint density at radius 1 is 1.22 bits per heavy atom. The van der Waals surface area contributed by atoms with E-state index in [4.69, 9.17) is 0 Å². The van der Waals surface area contributed by atoms with Gasteiger partial charge < -0.3 is 0 Å². The smallest absolute Gasteiger partial charge is 0.154 e. The molecule has 0 amide bonds. The van der Waals surface area contributed by atoms with Crippen LogP contribution in [0.3, 0.4) is 0 Å². The van der Waals surface area contributed by atoms with E-state index >= 15 is 0 Å². The molecule has 0 aliphatic rings. The molecular weight excluding hydrogens is 290 g/mol. The fourth-order valence-electron chi connectivity index (χ4n) is 1.96. The molecule has 0 aliphatic heterocycles. The maximum absolute atomic E-state index is 4.60. The molecule has 2 aromatic heterocycles. The Morgan fingerprint density at radius 3 is 2.94 bits per heavy atom. The summed E-state index contributed by atoms with van der Waals surface area (Å²) in [5.41, 5.74) is 2.14. The van der Waals surface area contributed by atoms with Gasteiger partial charge in [-0.1, -0.05) is 35.0 Å². The lowest BCUT2D eigenvalue weighted by molar-refractivity contribution is 0.857. The second kappa shape index (κ2) is 4.53. The van der Waals surface area contributed by atoms with Crippen molar-refractivity contribution in [3.63, 3.8) is 0 Å². The van der Waals surface area contributed by atoms with Crippen molar-refractivity contribution in [3.8, 4) is 5.82 Å². The molecule has 4 heteroatoms. The highest BCUT2D eigenvalue weighted by Gasteiger charge is 2.06. The average Bonchev–Trinajstić information content (AvgIpc) is 2.81. The predicted molar refractivity (Wildman–Crippen MR) is 75.9 cm³/mol. The van der Waals surface area contributed by atoms with Crippen LogP contribution >= 0.6 is 15.9 Å². The highest BCUT2D eigenvalue weighted by Crippen LogP contribution is 2.21. The topological polar surface area (TPSA) is 30.7 Å². The standard InChI is InChI=1S/C14H12BrN3/c1-2-12-4-3-5-14(17-12)18-13-8-11(15)7-6-10(13)9-16-18/h3-9H,2H2,1H3. The van der Waals surface area contributed by atoms with Crippen molar-refractivity contribution in [1.82, 2.24) is 14.8 Å². The first-order chi connectivity index (χ1) is 8.78. The lowest BCUT2D eigenvalue weighted by Gasteiger charge is -2.04. The Bertz CT molecular complexity index is 703. The van der Waals surface area contributed by atoms with Crippen molar-refractivity contribution in [3.05, 3.63) is 52.8 Å². The first kappa shape index (κ1) is 11.4.